The topological polar surface area (TPSA) is 69.3 Å². The maximum absolute atomic E-state index is 12.9. The lowest BCUT2D eigenvalue weighted by Crippen LogP contribution is -2.48. The van der Waals surface area contributed by atoms with E-state index in [9.17, 15) is 9.59 Å². The Hall–Kier alpha value is -2.37. The summed E-state index contributed by atoms with van der Waals surface area (Å²) in [4.78, 5) is 37.4. The molecule has 6 heteroatoms. The molecule has 1 N–H and O–H groups in total. The molecule has 1 saturated carbocycles. The number of H-pyrrole nitrogens is 1. The fourth-order valence-corrected chi connectivity index (χ4v) is 4.41. The standard InChI is InChI=1S/C20H24N4O2/c25-19(9-18-21-16-3-1-2-4-17(16)22-18)23-11-14-7-8-15(12-23)24(20(14)26)10-13-5-6-13/h1-4,13-15H,5-12H2,(H,21,22)/t14-,15+/m1/s1. The first-order valence-electron chi connectivity index (χ1n) is 9.69. The van der Waals surface area contributed by atoms with Gasteiger partial charge in [-0.3, -0.25) is 9.59 Å². The normalized spacial score (nSPS) is 25.8. The van der Waals surface area contributed by atoms with Crippen LogP contribution in [0.3, 0.4) is 0 Å². The summed E-state index contributed by atoms with van der Waals surface area (Å²) in [5.74, 6) is 1.72. The maximum Gasteiger partial charge on any atom is 0.230 e. The van der Waals surface area contributed by atoms with Gasteiger partial charge in [0.2, 0.25) is 11.8 Å². The van der Waals surface area contributed by atoms with Gasteiger partial charge in [0.1, 0.15) is 5.82 Å². The number of fused-ring (bicyclic) bond motifs is 5. The Morgan fingerprint density at radius 3 is 2.81 bits per heavy atom. The van der Waals surface area contributed by atoms with Crippen molar-refractivity contribution in [3.05, 3.63) is 30.1 Å². The minimum Gasteiger partial charge on any atom is -0.342 e. The lowest BCUT2D eigenvalue weighted by Gasteiger charge is -2.36. The number of piperidine rings is 1. The highest BCUT2D eigenvalue weighted by atomic mass is 16.2. The molecule has 4 aliphatic rings. The molecule has 1 aromatic carbocycles. The summed E-state index contributed by atoms with van der Waals surface area (Å²) in [5.41, 5.74) is 1.84. The minimum atomic E-state index is -0.0212. The molecule has 1 aliphatic carbocycles. The Morgan fingerprint density at radius 1 is 1.15 bits per heavy atom. The van der Waals surface area contributed by atoms with E-state index in [1.165, 1.54) is 12.8 Å². The van der Waals surface area contributed by atoms with E-state index in [2.05, 4.69) is 14.9 Å². The van der Waals surface area contributed by atoms with Gasteiger partial charge < -0.3 is 14.8 Å². The highest BCUT2D eigenvalue weighted by molar-refractivity contribution is 5.84. The van der Waals surface area contributed by atoms with Crippen molar-refractivity contribution >= 4 is 22.8 Å². The summed E-state index contributed by atoms with van der Waals surface area (Å²) in [5, 5.41) is 0. The largest absolute Gasteiger partial charge is 0.342 e. The number of imidazole rings is 1. The lowest BCUT2D eigenvalue weighted by molar-refractivity contribution is -0.140. The molecule has 0 spiro atoms. The van der Waals surface area contributed by atoms with Crippen molar-refractivity contribution < 1.29 is 9.59 Å². The Morgan fingerprint density at radius 2 is 2.00 bits per heavy atom. The summed E-state index contributed by atoms with van der Waals surface area (Å²) in [7, 11) is 0. The molecule has 6 nitrogen and oxygen atoms in total. The van der Waals surface area contributed by atoms with E-state index in [1.54, 1.807) is 0 Å². The first kappa shape index (κ1) is 15.9. The Balaban J connectivity index is 1.31. The van der Waals surface area contributed by atoms with E-state index in [4.69, 9.17) is 0 Å². The van der Waals surface area contributed by atoms with Crippen molar-refractivity contribution in [2.45, 2.75) is 38.1 Å². The molecule has 2 atom stereocenters. The van der Waals surface area contributed by atoms with Crippen LogP contribution in [0, 0.1) is 11.8 Å². The van der Waals surface area contributed by atoms with Gasteiger partial charge in [0, 0.05) is 25.7 Å². The number of hydrogen-bond donors (Lipinski definition) is 1. The van der Waals surface area contributed by atoms with Crippen LogP contribution in [-0.4, -0.2) is 57.3 Å². The summed E-state index contributed by atoms with van der Waals surface area (Å²) in [6.07, 6.45) is 4.70. The van der Waals surface area contributed by atoms with Crippen LogP contribution in [0.15, 0.2) is 24.3 Å². The molecule has 136 valence electrons. The third kappa shape index (κ3) is 2.87. The quantitative estimate of drug-likeness (QED) is 0.915. The number of amides is 2. The van der Waals surface area contributed by atoms with E-state index in [-0.39, 0.29) is 30.2 Å². The third-order valence-corrected chi connectivity index (χ3v) is 6.05. The number of nitrogens with zero attached hydrogens (tertiary/aromatic N) is 3. The predicted molar refractivity (Wildman–Crippen MR) is 97.3 cm³/mol. The molecule has 0 radical (unpaired) electrons. The van der Waals surface area contributed by atoms with Crippen LogP contribution in [0.5, 0.6) is 0 Å². The van der Waals surface area contributed by atoms with E-state index >= 15 is 0 Å². The fraction of sp³-hybridized carbons (Fsp3) is 0.550. The van der Waals surface area contributed by atoms with Gasteiger partial charge in [-0.05, 0) is 43.7 Å². The number of nitrogens with one attached hydrogen (secondary N) is 1. The summed E-state index contributed by atoms with van der Waals surface area (Å²) < 4.78 is 0. The third-order valence-electron chi connectivity index (χ3n) is 6.05. The molecule has 2 aromatic rings. The Bertz CT molecular complexity index is 823. The van der Waals surface area contributed by atoms with E-state index in [1.807, 2.05) is 29.2 Å². The molecule has 4 fully saturated rings. The zero-order chi connectivity index (χ0) is 17.7. The average molecular weight is 352 g/mol. The first-order chi connectivity index (χ1) is 12.7. The van der Waals surface area contributed by atoms with Crippen LogP contribution in [0.2, 0.25) is 0 Å². The van der Waals surface area contributed by atoms with Gasteiger partial charge in [0.05, 0.1) is 23.4 Å². The smallest absolute Gasteiger partial charge is 0.230 e. The van der Waals surface area contributed by atoms with Gasteiger partial charge in [0.25, 0.3) is 0 Å². The van der Waals surface area contributed by atoms with Crippen LogP contribution in [0.4, 0.5) is 0 Å². The number of carbonyl (C=O) groups is 2. The molecule has 6 rings (SSSR count). The van der Waals surface area contributed by atoms with Gasteiger partial charge in [-0.2, -0.15) is 0 Å². The molecule has 2 bridgehead atoms. The van der Waals surface area contributed by atoms with Crippen molar-refractivity contribution in [3.63, 3.8) is 0 Å². The van der Waals surface area contributed by atoms with Crippen molar-refractivity contribution in [2.24, 2.45) is 11.8 Å². The molecule has 0 unspecified atom stereocenters. The molecule has 4 heterocycles. The second-order valence-electron chi connectivity index (χ2n) is 8.04. The van der Waals surface area contributed by atoms with Gasteiger partial charge in [0.15, 0.2) is 0 Å². The number of aromatic amines is 1. The highest BCUT2D eigenvalue weighted by Gasteiger charge is 2.43. The zero-order valence-electron chi connectivity index (χ0n) is 14.9. The average Bonchev–Trinajstić information content (AvgIpc) is 3.41. The van der Waals surface area contributed by atoms with Gasteiger partial charge >= 0.3 is 0 Å². The molecular weight excluding hydrogens is 328 g/mol. The molecule has 26 heavy (non-hydrogen) atoms. The number of hydrogen-bond acceptors (Lipinski definition) is 3. The van der Waals surface area contributed by atoms with Gasteiger partial charge in [-0.25, -0.2) is 4.98 Å². The summed E-state index contributed by atoms with van der Waals surface area (Å²) >= 11 is 0. The molecule has 2 amide bonds. The van der Waals surface area contributed by atoms with Crippen LogP contribution < -0.4 is 0 Å². The van der Waals surface area contributed by atoms with Crippen molar-refractivity contribution in [1.82, 2.24) is 19.8 Å². The lowest BCUT2D eigenvalue weighted by atomic mass is 9.94. The number of para-hydroxylation sites is 2. The zero-order valence-corrected chi connectivity index (χ0v) is 14.9. The molecule has 3 aliphatic heterocycles. The summed E-state index contributed by atoms with van der Waals surface area (Å²) in [6.45, 7) is 2.13. The molecule has 1 aromatic heterocycles. The Labute approximate surface area is 152 Å². The fourth-order valence-electron chi connectivity index (χ4n) is 4.41. The van der Waals surface area contributed by atoms with Crippen LogP contribution >= 0.6 is 0 Å². The Kier molecular flexibility index (Phi) is 3.72. The number of aromatic nitrogens is 2. The first-order valence-corrected chi connectivity index (χ1v) is 9.69. The van der Waals surface area contributed by atoms with E-state index in [0.717, 1.165) is 30.4 Å². The SMILES string of the molecule is O=C(Cc1nc2ccccc2[nH]1)N1C[C@H]2CC[C@@H](C1)N(CC1CC1)C2=O. The molecule has 3 saturated heterocycles. The number of carbonyl (C=O) groups excluding carboxylic acids is 2. The number of rotatable bonds is 4. The maximum atomic E-state index is 12.9. The van der Waals surface area contributed by atoms with Crippen LogP contribution in [-0.2, 0) is 16.0 Å². The number of benzene rings is 1. The van der Waals surface area contributed by atoms with Crippen molar-refractivity contribution in [1.29, 1.82) is 0 Å². The van der Waals surface area contributed by atoms with Gasteiger partial charge in [-0.15, -0.1) is 0 Å². The van der Waals surface area contributed by atoms with Crippen LogP contribution in [0.1, 0.15) is 31.5 Å². The highest BCUT2D eigenvalue weighted by Crippen LogP contribution is 2.35. The summed E-state index contributed by atoms with van der Waals surface area (Å²) in [6, 6.07) is 8.01. The predicted octanol–water partition coefficient (Wildman–Crippen LogP) is 1.96. The van der Waals surface area contributed by atoms with Crippen molar-refractivity contribution in [2.75, 3.05) is 19.6 Å². The second-order valence-corrected chi connectivity index (χ2v) is 8.04. The van der Waals surface area contributed by atoms with E-state index in [0.29, 0.717) is 24.8 Å². The van der Waals surface area contributed by atoms with Gasteiger partial charge in [-0.1, -0.05) is 12.1 Å². The second kappa shape index (κ2) is 6.11. The van der Waals surface area contributed by atoms with E-state index < -0.39 is 0 Å². The minimum absolute atomic E-state index is 0.0212. The van der Waals surface area contributed by atoms with Crippen LogP contribution in [0.25, 0.3) is 11.0 Å². The van der Waals surface area contributed by atoms with Crippen molar-refractivity contribution in [3.8, 4) is 0 Å². The monoisotopic (exact) mass is 352 g/mol. The molecular formula is C20H24N4O2.